The fourth-order valence-electron chi connectivity index (χ4n) is 6.57. The number of pyridine rings is 1. The zero-order chi connectivity index (χ0) is 35.0. The molecule has 2 saturated heterocycles. The topological polar surface area (TPSA) is 126 Å². The molecule has 2 N–H and O–H groups in total. The predicted molar refractivity (Wildman–Crippen MR) is 180 cm³/mol. The van der Waals surface area contributed by atoms with E-state index in [2.05, 4.69) is 9.88 Å². The molecular weight excluding hydrogens is 652 g/mol. The highest BCUT2D eigenvalue weighted by atomic mass is 32.2. The maximum atomic E-state index is 15.1. The summed E-state index contributed by atoms with van der Waals surface area (Å²) >= 11 is 0. The Labute approximate surface area is 284 Å². The van der Waals surface area contributed by atoms with E-state index in [4.69, 9.17) is 10.5 Å². The van der Waals surface area contributed by atoms with Gasteiger partial charge < -0.3 is 15.4 Å². The third-order valence-corrected chi connectivity index (χ3v) is 10.3. The summed E-state index contributed by atoms with van der Waals surface area (Å²) in [5.74, 6) is -2.14. The molecule has 2 aliphatic rings. The average Bonchev–Trinajstić information content (AvgIpc) is 3.40. The van der Waals surface area contributed by atoms with Gasteiger partial charge in [0.15, 0.2) is 9.84 Å². The first-order valence-electron chi connectivity index (χ1n) is 15.9. The number of halogens is 2. The number of anilines is 1. The van der Waals surface area contributed by atoms with Crippen molar-refractivity contribution in [3.05, 3.63) is 112 Å². The summed E-state index contributed by atoms with van der Waals surface area (Å²) in [6.07, 6.45) is 2.52. The first kappa shape index (κ1) is 34.0. The second-order valence-electron chi connectivity index (χ2n) is 12.6. The van der Waals surface area contributed by atoms with Crippen LogP contribution >= 0.6 is 0 Å². The van der Waals surface area contributed by atoms with Gasteiger partial charge in [-0.15, -0.1) is 0 Å². The number of aryl methyl sites for hydroxylation is 2. The van der Waals surface area contributed by atoms with Gasteiger partial charge in [-0.3, -0.25) is 14.6 Å². The lowest BCUT2D eigenvalue weighted by atomic mass is 9.98. The summed E-state index contributed by atoms with van der Waals surface area (Å²) < 4.78 is 59.1. The molecule has 4 aromatic rings. The molecule has 0 aliphatic carbocycles. The van der Waals surface area contributed by atoms with Crippen LogP contribution in [-0.2, 0) is 16.4 Å². The summed E-state index contributed by atoms with van der Waals surface area (Å²) in [6, 6.07) is 18.7. The lowest BCUT2D eigenvalue weighted by Crippen LogP contribution is -2.47. The molecule has 13 heteroatoms. The number of rotatable bonds is 9. The maximum Gasteiger partial charge on any atom is 0.325 e. The van der Waals surface area contributed by atoms with E-state index >= 15 is 4.39 Å². The highest BCUT2D eigenvalue weighted by Gasteiger charge is 2.44. The van der Waals surface area contributed by atoms with Crippen LogP contribution in [0.4, 0.5) is 19.3 Å². The summed E-state index contributed by atoms with van der Waals surface area (Å²) in [7, 11) is -3.33. The number of hydrogen-bond donors (Lipinski definition) is 1. The van der Waals surface area contributed by atoms with Crippen LogP contribution in [0.15, 0.2) is 77.7 Å². The van der Waals surface area contributed by atoms with E-state index < -0.39 is 39.0 Å². The summed E-state index contributed by atoms with van der Waals surface area (Å²) in [5.41, 5.74) is 8.06. The number of carbonyl (C=O) groups is 2. The monoisotopic (exact) mass is 689 g/mol. The predicted octanol–water partition coefficient (Wildman–Crippen LogP) is 5.92. The zero-order valence-electron chi connectivity index (χ0n) is 27.4. The Kier molecular flexibility index (Phi) is 9.41. The number of likely N-dealkylation sites (tertiary alicyclic amines) is 1. The molecule has 10 nitrogen and oxygen atoms in total. The van der Waals surface area contributed by atoms with E-state index in [1.165, 1.54) is 11.0 Å². The maximum absolute atomic E-state index is 15.1. The zero-order valence-corrected chi connectivity index (χ0v) is 28.2. The molecule has 0 radical (unpaired) electrons. The Hall–Kier alpha value is -4.88. The van der Waals surface area contributed by atoms with Crippen LogP contribution < -0.4 is 15.4 Å². The summed E-state index contributed by atoms with van der Waals surface area (Å²) in [6.45, 7) is 5.88. The molecule has 256 valence electrons. The van der Waals surface area contributed by atoms with Crippen LogP contribution in [-0.4, -0.2) is 67.1 Å². The first-order chi connectivity index (χ1) is 23.3. The molecule has 49 heavy (non-hydrogen) atoms. The van der Waals surface area contributed by atoms with Gasteiger partial charge in [0.1, 0.15) is 17.4 Å². The van der Waals surface area contributed by atoms with Crippen LogP contribution in [0.25, 0.3) is 0 Å². The van der Waals surface area contributed by atoms with E-state index in [0.29, 0.717) is 55.7 Å². The van der Waals surface area contributed by atoms with Gasteiger partial charge in [0.2, 0.25) is 5.88 Å². The van der Waals surface area contributed by atoms with Crippen LogP contribution in [0.5, 0.6) is 11.6 Å². The first-order valence-corrected chi connectivity index (χ1v) is 17.8. The molecule has 0 saturated carbocycles. The van der Waals surface area contributed by atoms with Crippen molar-refractivity contribution in [1.29, 1.82) is 0 Å². The van der Waals surface area contributed by atoms with Crippen LogP contribution in [0.1, 0.15) is 51.6 Å². The van der Waals surface area contributed by atoms with Crippen molar-refractivity contribution in [2.24, 2.45) is 5.73 Å². The number of nitrogens with two attached hydrogens (primary N) is 1. The lowest BCUT2D eigenvalue weighted by Gasteiger charge is -2.39. The number of primary amides is 1. The minimum atomic E-state index is -3.33. The number of carbonyl (C=O) groups excluding carboxylic acids is 2. The van der Waals surface area contributed by atoms with Gasteiger partial charge in [0.05, 0.1) is 28.7 Å². The molecule has 2 fully saturated rings. The second kappa shape index (κ2) is 13.6. The van der Waals surface area contributed by atoms with Crippen molar-refractivity contribution >= 4 is 27.5 Å². The Morgan fingerprint density at radius 1 is 0.980 bits per heavy atom. The van der Waals surface area contributed by atoms with E-state index in [-0.39, 0.29) is 29.2 Å². The standard InChI is InChI=1S/C36H37F2N5O5S/c1-22-17-27(49(3,46)47)10-11-33(22)48-34-12-9-25(23(2)40-34)20-41-15-13-26(14-16-41)43-32(24-7-5-4-6-8-24)21-42(36(43)45)31-18-28(35(39)44)29(37)19-30(31)38/h4-12,17-19,26,32H,13-16,20-21H2,1-3H3,(H2,39,44)/t32-/m0/s1. The number of aromatic nitrogens is 1. The molecule has 3 amide bonds. The number of hydrogen-bond acceptors (Lipinski definition) is 7. The third-order valence-electron chi connectivity index (χ3n) is 9.22. The van der Waals surface area contributed by atoms with E-state index in [0.717, 1.165) is 29.1 Å². The van der Waals surface area contributed by atoms with Crippen molar-refractivity contribution in [3.8, 4) is 11.6 Å². The largest absolute Gasteiger partial charge is 0.439 e. The fourth-order valence-corrected chi connectivity index (χ4v) is 7.27. The van der Waals surface area contributed by atoms with Gasteiger partial charge in [0, 0.05) is 49.8 Å². The van der Waals surface area contributed by atoms with Crippen molar-refractivity contribution < 1.29 is 31.5 Å². The highest BCUT2D eigenvalue weighted by molar-refractivity contribution is 7.90. The molecular formula is C36H37F2N5O5S. The Morgan fingerprint density at radius 2 is 1.69 bits per heavy atom. The summed E-state index contributed by atoms with van der Waals surface area (Å²) in [4.78, 5) is 36.0. The number of ether oxygens (including phenoxy) is 1. The molecule has 0 unspecified atom stereocenters. The van der Waals surface area contributed by atoms with Crippen LogP contribution in [0, 0.1) is 25.5 Å². The quantitative estimate of drug-likeness (QED) is 0.231. The number of benzene rings is 3. The molecule has 1 atom stereocenters. The van der Waals surface area contributed by atoms with E-state index in [9.17, 15) is 22.4 Å². The smallest absolute Gasteiger partial charge is 0.325 e. The third kappa shape index (κ3) is 7.13. The Balaban J connectivity index is 1.15. The lowest BCUT2D eigenvalue weighted by molar-refractivity contribution is 0.0996. The second-order valence-corrected chi connectivity index (χ2v) is 14.6. The average molecular weight is 690 g/mol. The SMILES string of the molecule is Cc1cc(S(C)(=O)=O)ccc1Oc1ccc(CN2CCC(N3C(=O)N(c4cc(C(N)=O)c(F)cc4F)C[C@H]3c3ccccc3)CC2)c(C)n1. The molecule has 3 aromatic carbocycles. The van der Waals surface area contributed by atoms with Crippen molar-refractivity contribution in [3.63, 3.8) is 0 Å². The van der Waals surface area contributed by atoms with E-state index in [1.807, 2.05) is 43.3 Å². The number of piperidine rings is 1. The van der Waals surface area contributed by atoms with E-state index in [1.54, 1.807) is 30.0 Å². The van der Waals surface area contributed by atoms with Gasteiger partial charge >= 0.3 is 6.03 Å². The van der Waals surface area contributed by atoms with Crippen molar-refractivity contribution in [2.45, 2.75) is 50.2 Å². The van der Waals surface area contributed by atoms with Gasteiger partial charge in [-0.2, -0.15) is 0 Å². The Morgan fingerprint density at radius 3 is 2.33 bits per heavy atom. The van der Waals surface area contributed by atoms with Crippen molar-refractivity contribution in [1.82, 2.24) is 14.8 Å². The molecule has 0 spiro atoms. The van der Waals surface area contributed by atoms with Crippen molar-refractivity contribution in [2.75, 3.05) is 30.8 Å². The van der Waals surface area contributed by atoms with Gasteiger partial charge in [0.25, 0.3) is 5.91 Å². The number of nitrogens with zero attached hydrogens (tertiary/aromatic N) is 4. The fraction of sp³-hybridized carbons (Fsp3) is 0.306. The molecule has 2 aliphatic heterocycles. The minimum absolute atomic E-state index is 0.129. The molecule has 1 aromatic heterocycles. The number of amides is 3. The van der Waals surface area contributed by atoms with Gasteiger partial charge in [-0.05, 0) is 67.6 Å². The van der Waals surface area contributed by atoms with Gasteiger partial charge in [-0.1, -0.05) is 36.4 Å². The molecule has 6 rings (SSSR count). The summed E-state index contributed by atoms with van der Waals surface area (Å²) in [5, 5.41) is 0. The molecule has 0 bridgehead atoms. The van der Waals surface area contributed by atoms with Crippen LogP contribution in [0.3, 0.4) is 0 Å². The Bertz CT molecular complexity index is 2020. The normalized spacial score (nSPS) is 17.5. The highest BCUT2D eigenvalue weighted by Crippen LogP contribution is 2.38. The number of sulfone groups is 1. The minimum Gasteiger partial charge on any atom is -0.439 e. The van der Waals surface area contributed by atoms with Crippen LogP contribution in [0.2, 0.25) is 0 Å². The molecule has 3 heterocycles. The van der Waals surface area contributed by atoms with Gasteiger partial charge in [-0.25, -0.2) is 27.0 Å². The number of urea groups is 1.